The van der Waals surface area contributed by atoms with Crippen molar-refractivity contribution in [2.75, 3.05) is 12.4 Å². The third-order valence-electron chi connectivity index (χ3n) is 5.22. The summed E-state index contributed by atoms with van der Waals surface area (Å²) in [6.45, 7) is 0. The molecule has 0 radical (unpaired) electrons. The number of anilines is 2. The van der Waals surface area contributed by atoms with Crippen LogP contribution in [0, 0.1) is 0 Å². The van der Waals surface area contributed by atoms with Gasteiger partial charge >= 0.3 is 11.7 Å². The van der Waals surface area contributed by atoms with Crippen LogP contribution in [0.5, 0.6) is 5.75 Å². The largest absolute Gasteiger partial charge is 0.495 e. The number of nitrogens with zero attached hydrogens (tertiary/aromatic N) is 4. The van der Waals surface area contributed by atoms with Gasteiger partial charge in [-0.25, -0.2) is 14.6 Å². The zero-order valence-electron chi connectivity index (χ0n) is 15.7. The van der Waals surface area contributed by atoms with E-state index >= 15 is 0 Å². The lowest BCUT2D eigenvalue weighted by molar-refractivity contribution is 0.0696. The third kappa shape index (κ3) is 2.98. The summed E-state index contributed by atoms with van der Waals surface area (Å²) in [5.74, 6) is -0.358. The normalized spacial score (nSPS) is 14.5. The van der Waals surface area contributed by atoms with Crippen LogP contribution in [0.1, 0.15) is 42.1 Å². The van der Waals surface area contributed by atoms with Crippen LogP contribution in [0.2, 0.25) is 0 Å². The first-order chi connectivity index (χ1) is 13.5. The Hall–Kier alpha value is -3.36. The second kappa shape index (κ2) is 6.99. The molecule has 0 saturated heterocycles. The van der Waals surface area contributed by atoms with E-state index in [-0.39, 0.29) is 17.3 Å². The average Bonchev–Trinajstić information content (AvgIpc) is 3.29. The Morgan fingerprint density at radius 3 is 2.75 bits per heavy atom. The van der Waals surface area contributed by atoms with E-state index in [9.17, 15) is 9.59 Å². The Bertz CT molecular complexity index is 1110. The molecule has 0 atom stereocenters. The van der Waals surface area contributed by atoms with Crippen molar-refractivity contribution in [2.45, 2.75) is 31.7 Å². The van der Waals surface area contributed by atoms with E-state index in [1.54, 1.807) is 28.4 Å². The molecule has 0 amide bonds. The number of fused-ring (bicyclic) bond motifs is 1. The summed E-state index contributed by atoms with van der Waals surface area (Å²) in [5, 5.41) is 12.2. The van der Waals surface area contributed by atoms with Crippen LogP contribution >= 0.6 is 0 Å². The van der Waals surface area contributed by atoms with E-state index in [1.165, 1.54) is 19.2 Å². The zero-order valence-corrected chi connectivity index (χ0v) is 15.7. The molecule has 1 saturated carbocycles. The lowest BCUT2D eigenvalue weighted by Crippen LogP contribution is -2.25. The Balaban J connectivity index is 1.75. The number of benzene rings is 1. The minimum Gasteiger partial charge on any atom is -0.495 e. The standard InChI is InChI=1S/C19H21N5O4/c1-23-14-10-20-18(21-13-8-7-11(17(25)26)9-15(13)28-2)22-16(14)24(19(23)27)12-5-3-4-6-12/h7-10,12H,3-6H2,1-2H3,(H,25,26)(H,20,21,22). The Morgan fingerprint density at radius 1 is 1.32 bits per heavy atom. The highest BCUT2D eigenvalue weighted by Gasteiger charge is 2.24. The van der Waals surface area contributed by atoms with Crippen LogP contribution in [-0.4, -0.2) is 37.3 Å². The second-order valence-corrected chi connectivity index (χ2v) is 6.90. The first-order valence-corrected chi connectivity index (χ1v) is 9.12. The lowest BCUT2D eigenvalue weighted by atomic mass is 10.2. The molecule has 1 aliphatic rings. The predicted molar refractivity (Wildman–Crippen MR) is 104 cm³/mol. The predicted octanol–water partition coefficient (Wildman–Crippen LogP) is 2.70. The van der Waals surface area contributed by atoms with Gasteiger partial charge < -0.3 is 15.2 Å². The summed E-state index contributed by atoms with van der Waals surface area (Å²) in [5.41, 5.74) is 1.85. The number of rotatable bonds is 5. The fourth-order valence-electron chi connectivity index (χ4n) is 3.74. The van der Waals surface area contributed by atoms with Gasteiger partial charge in [-0.1, -0.05) is 12.8 Å². The van der Waals surface area contributed by atoms with Crippen molar-refractivity contribution in [1.29, 1.82) is 0 Å². The van der Waals surface area contributed by atoms with Crippen LogP contribution in [0.15, 0.2) is 29.2 Å². The fraction of sp³-hybridized carbons (Fsp3) is 0.368. The highest BCUT2D eigenvalue weighted by molar-refractivity contribution is 5.89. The molecule has 2 aromatic heterocycles. The highest BCUT2D eigenvalue weighted by Crippen LogP contribution is 2.31. The summed E-state index contributed by atoms with van der Waals surface area (Å²) in [6, 6.07) is 4.66. The van der Waals surface area contributed by atoms with E-state index in [2.05, 4.69) is 15.3 Å². The maximum atomic E-state index is 12.7. The quantitative estimate of drug-likeness (QED) is 0.697. The summed E-state index contributed by atoms with van der Waals surface area (Å²) >= 11 is 0. The van der Waals surface area contributed by atoms with Gasteiger partial charge in [-0.05, 0) is 31.0 Å². The van der Waals surface area contributed by atoms with Crippen LogP contribution in [0.4, 0.5) is 11.6 Å². The van der Waals surface area contributed by atoms with Gasteiger partial charge in [0.05, 0.1) is 24.6 Å². The molecule has 0 aliphatic heterocycles. The number of carboxylic acids is 1. The lowest BCUT2D eigenvalue weighted by Gasteiger charge is -2.12. The van der Waals surface area contributed by atoms with E-state index < -0.39 is 5.97 Å². The van der Waals surface area contributed by atoms with E-state index in [1.807, 2.05) is 0 Å². The van der Waals surface area contributed by atoms with Gasteiger partial charge in [0.2, 0.25) is 5.95 Å². The molecule has 9 nitrogen and oxygen atoms in total. The minimum absolute atomic E-state index is 0.0864. The van der Waals surface area contributed by atoms with Crippen molar-refractivity contribution in [2.24, 2.45) is 7.05 Å². The number of carboxylic acid groups (broad SMARTS) is 1. The van der Waals surface area contributed by atoms with E-state index in [4.69, 9.17) is 9.84 Å². The number of ether oxygens (including phenoxy) is 1. The van der Waals surface area contributed by atoms with Crippen molar-refractivity contribution in [3.8, 4) is 5.75 Å². The fourth-order valence-corrected chi connectivity index (χ4v) is 3.74. The Labute approximate surface area is 160 Å². The maximum absolute atomic E-state index is 12.7. The number of hydrogen-bond acceptors (Lipinski definition) is 6. The zero-order chi connectivity index (χ0) is 19.8. The first-order valence-electron chi connectivity index (χ1n) is 9.12. The molecule has 0 unspecified atom stereocenters. The molecule has 1 aliphatic carbocycles. The third-order valence-corrected chi connectivity index (χ3v) is 5.22. The molecule has 2 N–H and O–H groups in total. The highest BCUT2D eigenvalue weighted by atomic mass is 16.5. The molecule has 1 fully saturated rings. The van der Waals surface area contributed by atoms with Gasteiger partial charge in [-0.2, -0.15) is 4.98 Å². The molecule has 3 aromatic rings. The van der Waals surface area contributed by atoms with Gasteiger partial charge in [0.25, 0.3) is 0 Å². The molecule has 0 bridgehead atoms. The number of methoxy groups -OCH3 is 1. The summed E-state index contributed by atoms with van der Waals surface area (Å²) in [7, 11) is 3.19. The van der Waals surface area contributed by atoms with Gasteiger partial charge in [0, 0.05) is 13.1 Å². The topological polar surface area (TPSA) is 111 Å². The van der Waals surface area contributed by atoms with E-state index in [0.29, 0.717) is 28.5 Å². The molecule has 0 spiro atoms. The van der Waals surface area contributed by atoms with Gasteiger partial charge in [0.1, 0.15) is 11.3 Å². The Morgan fingerprint density at radius 2 is 2.07 bits per heavy atom. The number of aryl methyl sites for hydroxylation is 1. The van der Waals surface area contributed by atoms with Crippen LogP contribution in [0.3, 0.4) is 0 Å². The van der Waals surface area contributed by atoms with Crippen molar-refractivity contribution in [3.63, 3.8) is 0 Å². The summed E-state index contributed by atoms with van der Waals surface area (Å²) in [4.78, 5) is 32.7. The van der Waals surface area contributed by atoms with Gasteiger partial charge in [0.15, 0.2) is 5.65 Å². The SMILES string of the molecule is COc1cc(C(=O)O)ccc1Nc1ncc2c(n1)n(C1CCCC1)c(=O)n2C. The summed E-state index contributed by atoms with van der Waals surface area (Å²) in [6.07, 6.45) is 5.77. The summed E-state index contributed by atoms with van der Waals surface area (Å²) < 4.78 is 8.62. The molecule has 4 rings (SSSR count). The van der Waals surface area contributed by atoms with Gasteiger partial charge in [-0.3, -0.25) is 9.13 Å². The van der Waals surface area contributed by atoms with Crippen molar-refractivity contribution < 1.29 is 14.6 Å². The molecule has 146 valence electrons. The van der Waals surface area contributed by atoms with Crippen LogP contribution < -0.4 is 15.7 Å². The van der Waals surface area contributed by atoms with Crippen molar-refractivity contribution in [1.82, 2.24) is 19.1 Å². The molecule has 2 heterocycles. The molecule has 28 heavy (non-hydrogen) atoms. The van der Waals surface area contributed by atoms with Crippen molar-refractivity contribution in [3.05, 3.63) is 40.4 Å². The first kappa shape index (κ1) is 18.0. The number of carbonyl (C=O) groups is 1. The number of aromatic nitrogens is 4. The number of nitrogens with one attached hydrogen (secondary N) is 1. The van der Waals surface area contributed by atoms with Gasteiger partial charge in [-0.15, -0.1) is 0 Å². The number of hydrogen-bond donors (Lipinski definition) is 2. The van der Waals surface area contributed by atoms with Crippen LogP contribution in [0.25, 0.3) is 11.2 Å². The average molecular weight is 383 g/mol. The van der Waals surface area contributed by atoms with E-state index in [0.717, 1.165) is 25.7 Å². The smallest absolute Gasteiger partial charge is 0.335 e. The maximum Gasteiger partial charge on any atom is 0.335 e. The van der Waals surface area contributed by atoms with Crippen LogP contribution in [-0.2, 0) is 7.05 Å². The monoisotopic (exact) mass is 383 g/mol. The minimum atomic E-state index is -1.03. The number of imidazole rings is 1. The molecular formula is C19H21N5O4. The molecule has 1 aromatic carbocycles. The molecule has 9 heteroatoms. The Kier molecular flexibility index (Phi) is 4.50. The van der Waals surface area contributed by atoms with Crippen molar-refractivity contribution >= 4 is 28.8 Å². The molecular weight excluding hydrogens is 362 g/mol. The number of aromatic carboxylic acids is 1. The second-order valence-electron chi connectivity index (χ2n) is 6.90.